The summed E-state index contributed by atoms with van der Waals surface area (Å²) in [4.78, 5) is 23.6. The minimum atomic E-state index is -3.66. The predicted octanol–water partition coefficient (Wildman–Crippen LogP) is 5.27. The van der Waals surface area contributed by atoms with Gasteiger partial charge >= 0.3 is 0 Å². The fourth-order valence-corrected chi connectivity index (χ4v) is 10.3. The predicted molar refractivity (Wildman–Crippen MR) is 185 cm³/mol. The molecule has 0 saturated heterocycles. The molecule has 0 fully saturated rings. The zero-order valence-electron chi connectivity index (χ0n) is 24.5. The number of hydrogen-bond acceptors (Lipinski definition) is 7. The number of pyridine rings is 5. The van der Waals surface area contributed by atoms with Crippen LogP contribution in [0.5, 0.6) is 0 Å². The highest BCUT2D eigenvalue weighted by atomic mass is 31.2. The van der Waals surface area contributed by atoms with Gasteiger partial charge in [0.2, 0.25) is 14.3 Å². The third kappa shape index (κ3) is 5.41. The molecule has 0 aliphatic rings. The van der Waals surface area contributed by atoms with Crippen molar-refractivity contribution in [2.24, 2.45) is 0 Å². The van der Waals surface area contributed by atoms with Gasteiger partial charge in [-0.1, -0.05) is 91.0 Å². The molecule has 46 heavy (non-hydrogen) atoms. The van der Waals surface area contributed by atoms with Crippen LogP contribution in [-0.4, -0.2) is 24.9 Å². The minimum Gasteiger partial charge on any atom is -0.305 e. The number of benzene rings is 2. The highest BCUT2D eigenvalue weighted by molar-refractivity contribution is 7.86. The maximum atomic E-state index is 15.5. The summed E-state index contributed by atoms with van der Waals surface area (Å²) in [6, 6.07) is 45.6. The third-order valence-electron chi connectivity index (χ3n) is 7.57. The highest BCUT2D eigenvalue weighted by Gasteiger charge is 2.37. The second-order valence-corrected chi connectivity index (χ2v) is 15.7. The summed E-state index contributed by atoms with van der Waals surface area (Å²) in [5.74, 6) is 0. The molecule has 2 aromatic carbocycles. The van der Waals surface area contributed by atoms with E-state index in [1.807, 2.05) is 121 Å². The van der Waals surface area contributed by atoms with Crippen LogP contribution >= 0.6 is 14.3 Å². The van der Waals surface area contributed by atoms with Crippen molar-refractivity contribution in [3.8, 4) is 22.8 Å². The monoisotopic (exact) mass is 635 g/mol. The smallest absolute Gasteiger partial charge is 0.206 e. The van der Waals surface area contributed by atoms with Crippen LogP contribution in [0.3, 0.4) is 0 Å². The molecule has 7 aromatic rings. The molecule has 0 aliphatic heterocycles. The fourth-order valence-electron chi connectivity index (χ4n) is 5.31. The molecule has 0 radical (unpaired) electrons. The third-order valence-corrected chi connectivity index (χ3v) is 13.2. The van der Waals surface area contributed by atoms with Crippen molar-refractivity contribution in [2.75, 3.05) is 0 Å². The van der Waals surface area contributed by atoms with Crippen molar-refractivity contribution in [3.05, 3.63) is 164 Å². The largest absolute Gasteiger partial charge is 0.305 e. The Morgan fingerprint density at radius 2 is 0.674 bits per heavy atom. The fraction of sp³-hybridized carbons (Fsp3) is 0. The number of aromatic nitrogens is 5. The SMILES string of the molecule is O=P(c1ccccc1)(c1cccc(-c2ccccn2)n1)c1cccc(P(=O)(c2ccccc2)c2cccc(-c3ccccn3)n2)n1. The van der Waals surface area contributed by atoms with Gasteiger partial charge < -0.3 is 9.13 Å². The number of nitrogens with zero attached hydrogens (tertiary/aromatic N) is 5. The van der Waals surface area contributed by atoms with Crippen LogP contribution in [-0.2, 0) is 9.13 Å². The Morgan fingerprint density at radius 1 is 0.326 bits per heavy atom. The molecule has 0 aliphatic carbocycles. The van der Waals surface area contributed by atoms with Gasteiger partial charge in [0.15, 0.2) is 0 Å². The molecular weight excluding hydrogens is 608 g/mol. The Bertz CT molecular complexity index is 2060. The second-order valence-electron chi connectivity index (χ2n) is 10.4. The molecule has 0 bridgehead atoms. The van der Waals surface area contributed by atoms with E-state index in [0.29, 0.717) is 44.3 Å². The topological polar surface area (TPSA) is 98.6 Å². The van der Waals surface area contributed by atoms with Gasteiger partial charge in [-0.25, -0.2) is 15.0 Å². The van der Waals surface area contributed by atoms with Gasteiger partial charge in [0, 0.05) is 23.0 Å². The minimum absolute atomic E-state index is 0.277. The normalized spacial score (nSPS) is 13.7. The first-order valence-electron chi connectivity index (χ1n) is 14.6. The molecule has 222 valence electrons. The van der Waals surface area contributed by atoms with Crippen molar-refractivity contribution in [2.45, 2.75) is 0 Å². The Hall–Kier alpha value is -5.35. The van der Waals surface area contributed by atoms with Crippen LogP contribution in [0, 0.1) is 0 Å². The van der Waals surface area contributed by atoms with E-state index in [9.17, 15) is 0 Å². The summed E-state index contributed by atoms with van der Waals surface area (Å²) in [6.07, 6.45) is 3.40. The van der Waals surface area contributed by atoms with Gasteiger partial charge in [-0.3, -0.25) is 9.97 Å². The van der Waals surface area contributed by atoms with E-state index >= 15 is 9.13 Å². The van der Waals surface area contributed by atoms with Crippen LogP contribution < -0.4 is 32.3 Å². The van der Waals surface area contributed by atoms with Gasteiger partial charge in [-0.05, 0) is 60.7 Å². The van der Waals surface area contributed by atoms with Gasteiger partial charge in [-0.15, -0.1) is 0 Å². The zero-order valence-corrected chi connectivity index (χ0v) is 26.3. The molecule has 9 heteroatoms. The Kier molecular flexibility index (Phi) is 8.02. The molecule has 2 atom stereocenters. The van der Waals surface area contributed by atoms with Crippen LogP contribution in [0.25, 0.3) is 22.8 Å². The lowest BCUT2D eigenvalue weighted by Crippen LogP contribution is -2.35. The summed E-state index contributed by atoms with van der Waals surface area (Å²) in [5, 5.41) is 1.13. The average Bonchev–Trinajstić information content (AvgIpc) is 3.15. The number of hydrogen-bond donors (Lipinski definition) is 0. The van der Waals surface area contributed by atoms with E-state index in [0.717, 1.165) is 0 Å². The van der Waals surface area contributed by atoms with Crippen molar-refractivity contribution in [1.29, 1.82) is 0 Å². The molecule has 0 spiro atoms. The van der Waals surface area contributed by atoms with E-state index in [2.05, 4.69) is 9.97 Å². The molecule has 5 aromatic heterocycles. The van der Waals surface area contributed by atoms with E-state index < -0.39 is 14.3 Å². The maximum Gasteiger partial charge on any atom is 0.206 e. The number of rotatable bonds is 8. The molecule has 0 saturated carbocycles. The lowest BCUT2D eigenvalue weighted by molar-refractivity contribution is 0.591. The maximum absolute atomic E-state index is 15.5. The first-order chi connectivity index (χ1) is 22.6. The molecule has 2 unspecified atom stereocenters. The van der Waals surface area contributed by atoms with E-state index in [1.165, 1.54) is 0 Å². The van der Waals surface area contributed by atoms with Crippen molar-refractivity contribution in [3.63, 3.8) is 0 Å². The van der Waals surface area contributed by atoms with Crippen LogP contribution in [0.2, 0.25) is 0 Å². The van der Waals surface area contributed by atoms with Gasteiger partial charge in [0.25, 0.3) is 0 Å². The highest BCUT2D eigenvalue weighted by Crippen LogP contribution is 2.44. The van der Waals surface area contributed by atoms with Gasteiger partial charge in [-0.2, -0.15) is 0 Å². The van der Waals surface area contributed by atoms with Crippen LogP contribution in [0.1, 0.15) is 0 Å². The van der Waals surface area contributed by atoms with Crippen LogP contribution in [0.15, 0.2) is 164 Å². The van der Waals surface area contributed by atoms with E-state index in [-0.39, 0.29) is 10.9 Å². The summed E-state index contributed by atoms with van der Waals surface area (Å²) in [7, 11) is -7.32. The van der Waals surface area contributed by atoms with Gasteiger partial charge in [0.05, 0.1) is 22.8 Å². The van der Waals surface area contributed by atoms with Crippen molar-refractivity contribution >= 4 is 46.6 Å². The Labute approximate surface area is 266 Å². The van der Waals surface area contributed by atoms with Gasteiger partial charge in [0.1, 0.15) is 21.7 Å². The van der Waals surface area contributed by atoms with E-state index in [1.54, 1.807) is 42.7 Å². The molecule has 5 heterocycles. The summed E-state index contributed by atoms with van der Waals surface area (Å²) >= 11 is 0. The summed E-state index contributed by atoms with van der Waals surface area (Å²) in [6.45, 7) is 0. The second kappa shape index (κ2) is 12.6. The molecule has 7 nitrogen and oxygen atoms in total. The standard InChI is InChI=1S/C37H27N5O2P2/c43-45(28-14-3-1-4-15-28,34-22-11-20-32(40-34)30-18-7-9-26-38-30)36-24-13-25-37(42-36)46(44,29-16-5-2-6-17-29)35-23-12-21-33(41-35)31-19-8-10-27-39-31/h1-27H. The average molecular weight is 636 g/mol. The molecule has 0 N–H and O–H groups in total. The quantitative estimate of drug-likeness (QED) is 0.210. The first kappa shape index (κ1) is 29.4. The van der Waals surface area contributed by atoms with E-state index in [4.69, 9.17) is 15.0 Å². The Balaban J connectivity index is 1.43. The Morgan fingerprint density at radius 3 is 1.07 bits per heavy atom. The summed E-state index contributed by atoms with van der Waals surface area (Å²) in [5.41, 5.74) is 3.79. The molecular formula is C37H27N5O2P2. The lowest BCUT2D eigenvalue weighted by Gasteiger charge is -2.22. The first-order valence-corrected chi connectivity index (χ1v) is 18.1. The lowest BCUT2D eigenvalue weighted by atomic mass is 10.2. The van der Waals surface area contributed by atoms with Crippen LogP contribution in [0.4, 0.5) is 0 Å². The van der Waals surface area contributed by atoms with Crippen molar-refractivity contribution < 1.29 is 9.13 Å². The van der Waals surface area contributed by atoms with Crippen molar-refractivity contribution in [1.82, 2.24) is 24.9 Å². The summed E-state index contributed by atoms with van der Waals surface area (Å²) < 4.78 is 31.1. The molecule has 7 rings (SSSR count). The zero-order chi connectivity index (χ0) is 31.4. The molecule has 0 amide bonds.